The first-order valence-corrected chi connectivity index (χ1v) is 15.8. The lowest BCUT2D eigenvalue weighted by molar-refractivity contribution is -0.141. The molecule has 0 saturated carbocycles. The lowest BCUT2D eigenvalue weighted by Gasteiger charge is -2.33. The Bertz CT molecular complexity index is 1610. The van der Waals surface area contributed by atoms with Gasteiger partial charge in [0.1, 0.15) is 6.04 Å². The van der Waals surface area contributed by atoms with Gasteiger partial charge in [-0.05, 0) is 34.4 Å². The van der Waals surface area contributed by atoms with E-state index in [4.69, 9.17) is 23.2 Å². The van der Waals surface area contributed by atoms with Gasteiger partial charge in [0, 0.05) is 29.7 Å². The van der Waals surface area contributed by atoms with Crippen molar-refractivity contribution in [2.24, 2.45) is 0 Å². The number of sulfonamides is 1. The fourth-order valence-corrected chi connectivity index (χ4v) is 5.68. The quantitative estimate of drug-likeness (QED) is 0.215. The van der Waals surface area contributed by atoms with Crippen LogP contribution in [0.5, 0.6) is 0 Å². The van der Waals surface area contributed by atoms with Crippen LogP contribution in [0.2, 0.25) is 10.0 Å². The normalized spacial score (nSPS) is 12.1. The number of carbonyl (C=O) groups is 2. The Morgan fingerprint density at radius 2 is 1.33 bits per heavy atom. The van der Waals surface area contributed by atoms with Gasteiger partial charge in [-0.15, -0.1) is 0 Å². The van der Waals surface area contributed by atoms with E-state index >= 15 is 0 Å². The Balaban J connectivity index is 1.69. The molecule has 4 aromatic rings. The van der Waals surface area contributed by atoms with Crippen molar-refractivity contribution in [2.75, 3.05) is 12.8 Å². The molecule has 2 amide bonds. The van der Waals surface area contributed by atoms with Crippen molar-refractivity contribution in [1.29, 1.82) is 0 Å². The minimum absolute atomic E-state index is 0.0157. The van der Waals surface area contributed by atoms with E-state index in [9.17, 15) is 18.0 Å². The van der Waals surface area contributed by atoms with Gasteiger partial charge >= 0.3 is 0 Å². The summed E-state index contributed by atoms with van der Waals surface area (Å²) < 4.78 is 26.7. The van der Waals surface area contributed by atoms with E-state index in [1.807, 2.05) is 54.6 Å². The molecule has 7 nitrogen and oxygen atoms in total. The molecule has 0 aliphatic rings. The molecule has 0 bridgehead atoms. The first kappa shape index (κ1) is 31.3. The lowest BCUT2D eigenvalue weighted by atomic mass is 10.0. The molecule has 0 fully saturated rings. The van der Waals surface area contributed by atoms with Crippen LogP contribution < -0.4 is 5.32 Å². The van der Waals surface area contributed by atoms with Gasteiger partial charge in [-0.25, -0.2) is 8.42 Å². The van der Waals surface area contributed by atoms with Gasteiger partial charge in [0.15, 0.2) is 0 Å². The molecule has 1 atom stereocenters. The van der Waals surface area contributed by atoms with Crippen molar-refractivity contribution in [1.82, 2.24) is 14.5 Å². The number of nitrogens with one attached hydrogen (secondary N) is 1. The Kier molecular flexibility index (Phi) is 10.8. The van der Waals surface area contributed by atoms with Crippen LogP contribution in [0.4, 0.5) is 0 Å². The standard InChI is InChI=1S/C32H31Cl2N3O4S/c1-42(40,41)36(21-24-11-5-2-6-12-24)23-30(38)37(22-25-13-7-3-8-14-25)31(26-15-9-4-10-16-26)32(39)35-20-27-17-18-28(33)19-29(27)34/h2-19,31H,20-23H2,1H3,(H,35,39). The van der Waals surface area contributed by atoms with Crippen LogP contribution in [-0.2, 0) is 39.2 Å². The second kappa shape index (κ2) is 14.5. The van der Waals surface area contributed by atoms with Gasteiger partial charge in [-0.2, -0.15) is 4.31 Å². The zero-order valence-corrected chi connectivity index (χ0v) is 25.3. The van der Waals surface area contributed by atoms with Crippen molar-refractivity contribution in [3.63, 3.8) is 0 Å². The highest BCUT2D eigenvalue weighted by molar-refractivity contribution is 7.88. The average Bonchev–Trinajstić information content (AvgIpc) is 2.97. The number of rotatable bonds is 12. The fraction of sp³-hybridized carbons (Fsp3) is 0.188. The highest BCUT2D eigenvalue weighted by atomic mass is 35.5. The number of carbonyl (C=O) groups excluding carboxylic acids is 2. The molecule has 218 valence electrons. The average molecular weight is 625 g/mol. The molecule has 0 aliphatic heterocycles. The molecule has 4 aromatic carbocycles. The number of benzene rings is 4. The minimum Gasteiger partial charge on any atom is -0.350 e. The van der Waals surface area contributed by atoms with Gasteiger partial charge in [0.2, 0.25) is 21.8 Å². The Morgan fingerprint density at radius 1 is 0.786 bits per heavy atom. The predicted octanol–water partition coefficient (Wildman–Crippen LogP) is 5.84. The minimum atomic E-state index is -3.77. The second-order valence-electron chi connectivity index (χ2n) is 9.79. The first-order valence-electron chi connectivity index (χ1n) is 13.2. The van der Waals surface area contributed by atoms with Gasteiger partial charge in [-0.3, -0.25) is 9.59 Å². The van der Waals surface area contributed by atoms with E-state index in [-0.39, 0.29) is 19.6 Å². The predicted molar refractivity (Wildman–Crippen MR) is 166 cm³/mol. The van der Waals surface area contributed by atoms with Gasteiger partial charge in [0.05, 0.1) is 12.8 Å². The summed E-state index contributed by atoms with van der Waals surface area (Å²) in [6, 6.07) is 31.2. The van der Waals surface area contributed by atoms with E-state index in [1.54, 1.807) is 54.6 Å². The van der Waals surface area contributed by atoms with Crippen molar-refractivity contribution >= 4 is 45.0 Å². The summed E-state index contributed by atoms with van der Waals surface area (Å²) in [6.07, 6.45) is 1.07. The molecule has 1 unspecified atom stereocenters. The number of halogens is 2. The molecule has 1 N–H and O–H groups in total. The third kappa shape index (κ3) is 8.66. The third-order valence-corrected chi connectivity index (χ3v) is 8.43. The highest BCUT2D eigenvalue weighted by Gasteiger charge is 2.33. The first-order chi connectivity index (χ1) is 20.1. The molecule has 42 heavy (non-hydrogen) atoms. The van der Waals surface area contributed by atoms with Crippen LogP contribution >= 0.6 is 23.2 Å². The van der Waals surface area contributed by atoms with Crippen LogP contribution in [0.3, 0.4) is 0 Å². The van der Waals surface area contributed by atoms with Crippen LogP contribution in [-0.4, -0.2) is 42.2 Å². The van der Waals surface area contributed by atoms with E-state index in [1.165, 1.54) is 4.90 Å². The Morgan fingerprint density at radius 3 is 1.88 bits per heavy atom. The highest BCUT2D eigenvalue weighted by Crippen LogP contribution is 2.26. The summed E-state index contributed by atoms with van der Waals surface area (Å²) in [4.78, 5) is 29.4. The maximum Gasteiger partial charge on any atom is 0.247 e. The van der Waals surface area contributed by atoms with E-state index in [0.29, 0.717) is 21.2 Å². The molecular weight excluding hydrogens is 593 g/mol. The molecule has 0 saturated heterocycles. The number of nitrogens with zero attached hydrogens (tertiary/aromatic N) is 2. The summed E-state index contributed by atoms with van der Waals surface area (Å²) in [5.74, 6) is -0.959. The second-order valence-corrected chi connectivity index (χ2v) is 12.6. The van der Waals surface area contributed by atoms with Crippen LogP contribution in [0.15, 0.2) is 109 Å². The van der Waals surface area contributed by atoms with Crippen LogP contribution in [0.25, 0.3) is 0 Å². The number of hydrogen-bond acceptors (Lipinski definition) is 4. The van der Waals surface area contributed by atoms with E-state index in [0.717, 1.165) is 21.7 Å². The smallest absolute Gasteiger partial charge is 0.247 e. The molecule has 0 aromatic heterocycles. The maximum atomic E-state index is 14.1. The third-order valence-electron chi connectivity index (χ3n) is 6.64. The largest absolute Gasteiger partial charge is 0.350 e. The van der Waals surface area contributed by atoms with Crippen molar-refractivity contribution in [2.45, 2.75) is 25.7 Å². The van der Waals surface area contributed by atoms with Crippen LogP contribution in [0.1, 0.15) is 28.3 Å². The monoisotopic (exact) mass is 623 g/mol. The molecule has 4 rings (SSSR count). The molecular formula is C32H31Cl2N3O4S. The van der Waals surface area contributed by atoms with Crippen molar-refractivity contribution in [3.05, 3.63) is 141 Å². The summed E-state index contributed by atoms with van der Waals surface area (Å²) in [5.41, 5.74) is 2.76. The summed E-state index contributed by atoms with van der Waals surface area (Å²) in [6.45, 7) is -0.242. The molecule has 0 radical (unpaired) electrons. The van der Waals surface area contributed by atoms with Gasteiger partial charge < -0.3 is 10.2 Å². The zero-order valence-electron chi connectivity index (χ0n) is 23.0. The molecule has 0 spiro atoms. The summed E-state index contributed by atoms with van der Waals surface area (Å²) >= 11 is 12.4. The topological polar surface area (TPSA) is 86.8 Å². The van der Waals surface area contributed by atoms with Gasteiger partial charge in [-0.1, -0.05) is 120 Å². The zero-order chi connectivity index (χ0) is 30.1. The van der Waals surface area contributed by atoms with E-state index < -0.39 is 34.4 Å². The summed E-state index contributed by atoms with van der Waals surface area (Å²) in [5, 5.41) is 3.79. The number of hydrogen-bond donors (Lipinski definition) is 1. The summed E-state index contributed by atoms with van der Waals surface area (Å²) in [7, 11) is -3.77. The van der Waals surface area contributed by atoms with Gasteiger partial charge in [0.25, 0.3) is 0 Å². The van der Waals surface area contributed by atoms with E-state index in [2.05, 4.69) is 5.32 Å². The van der Waals surface area contributed by atoms with Crippen molar-refractivity contribution < 1.29 is 18.0 Å². The Labute approximate surface area is 256 Å². The maximum absolute atomic E-state index is 14.1. The molecule has 10 heteroatoms. The molecule has 0 aliphatic carbocycles. The number of amides is 2. The fourth-order valence-electron chi connectivity index (χ4n) is 4.47. The SMILES string of the molecule is CS(=O)(=O)N(CC(=O)N(Cc1ccccc1)C(C(=O)NCc1ccc(Cl)cc1Cl)c1ccccc1)Cc1ccccc1. The van der Waals surface area contributed by atoms with Crippen LogP contribution in [0, 0.1) is 0 Å². The molecule has 0 heterocycles. The van der Waals surface area contributed by atoms with Crippen molar-refractivity contribution in [3.8, 4) is 0 Å². The lowest BCUT2D eigenvalue weighted by Crippen LogP contribution is -2.47. The Hall–Kier alpha value is -3.69.